The van der Waals surface area contributed by atoms with E-state index in [0.717, 1.165) is 6.42 Å². The second-order valence-corrected chi connectivity index (χ2v) is 8.71. The van der Waals surface area contributed by atoms with E-state index in [-0.39, 0.29) is 58.1 Å². The molecule has 2 amide bonds. The molecule has 2 N–H and O–H groups in total. The number of alkyl halides is 1. The molecule has 0 saturated heterocycles. The minimum absolute atomic E-state index is 0.174. The third-order valence-electron chi connectivity index (χ3n) is 5.43. The zero-order chi connectivity index (χ0) is 28.5. The Labute approximate surface area is 234 Å². The van der Waals surface area contributed by atoms with Crippen molar-refractivity contribution in [3.05, 3.63) is 95.4 Å². The predicted molar refractivity (Wildman–Crippen MR) is 145 cm³/mol. The van der Waals surface area contributed by atoms with Crippen LogP contribution in [-0.4, -0.2) is 42.7 Å². The number of nitrogens with one attached hydrogen (secondary N) is 2. The van der Waals surface area contributed by atoms with E-state index in [1.54, 1.807) is 12.1 Å². The van der Waals surface area contributed by atoms with Crippen LogP contribution in [0.1, 0.15) is 34.1 Å². The van der Waals surface area contributed by atoms with Gasteiger partial charge in [0.25, 0.3) is 0 Å². The van der Waals surface area contributed by atoms with Crippen LogP contribution in [0.5, 0.6) is 23.0 Å². The predicted octanol–water partition coefficient (Wildman–Crippen LogP) is 5.26. The number of halogens is 1. The van der Waals surface area contributed by atoms with E-state index in [4.69, 9.17) is 30.5 Å². The first-order valence-corrected chi connectivity index (χ1v) is 12.9. The molecule has 0 aromatic heterocycles. The number of carbonyl (C=O) groups is 4. The zero-order valence-corrected chi connectivity index (χ0v) is 22.2. The quantitative estimate of drug-likeness (QED) is 0.319. The highest BCUT2D eigenvalue weighted by Gasteiger charge is 2.36. The van der Waals surface area contributed by atoms with E-state index >= 15 is 0 Å². The molecule has 206 valence electrons. The molecule has 0 aliphatic heterocycles. The van der Waals surface area contributed by atoms with Crippen molar-refractivity contribution in [1.29, 1.82) is 0 Å². The van der Waals surface area contributed by atoms with Gasteiger partial charge in [0, 0.05) is 30.1 Å². The van der Waals surface area contributed by atoms with Gasteiger partial charge >= 0.3 is 12.2 Å². The molecule has 0 unspecified atom stereocenters. The summed E-state index contributed by atoms with van der Waals surface area (Å²) in [6.07, 6.45) is -0.497. The maximum absolute atomic E-state index is 13.4. The van der Waals surface area contributed by atoms with Gasteiger partial charge in [-0.05, 0) is 55.0 Å². The lowest BCUT2D eigenvalue weighted by molar-refractivity contribution is 0.0897. The van der Waals surface area contributed by atoms with E-state index < -0.39 is 23.8 Å². The molecule has 3 aromatic carbocycles. The fraction of sp³-hybridized carbons (Fsp3) is 0.172. The Kier molecular flexibility index (Phi) is 9.37. The molecule has 1 aliphatic rings. The van der Waals surface area contributed by atoms with Crippen molar-refractivity contribution in [2.75, 3.05) is 19.0 Å². The summed E-state index contributed by atoms with van der Waals surface area (Å²) >= 11 is 5.55. The van der Waals surface area contributed by atoms with Gasteiger partial charge in [-0.3, -0.25) is 9.59 Å². The van der Waals surface area contributed by atoms with Gasteiger partial charge in [0.1, 0.15) is 23.0 Å². The number of hydrogen-bond donors (Lipinski definition) is 2. The smallest absolute Gasteiger partial charge is 0.412 e. The molecule has 10 nitrogen and oxygen atoms in total. The Morgan fingerprint density at radius 2 is 1.05 bits per heavy atom. The molecule has 0 bridgehead atoms. The van der Waals surface area contributed by atoms with Gasteiger partial charge in [0.05, 0.1) is 0 Å². The number of carbonyl (C=O) groups excluding carboxylic acids is 4. The van der Waals surface area contributed by atoms with Crippen LogP contribution < -0.4 is 29.6 Å². The molecule has 0 saturated carbocycles. The van der Waals surface area contributed by atoms with Crippen molar-refractivity contribution in [2.24, 2.45) is 0 Å². The highest BCUT2D eigenvalue weighted by Crippen LogP contribution is 2.31. The first-order valence-electron chi connectivity index (χ1n) is 12.4. The fourth-order valence-corrected chi connectivity index (χ4v) is 3.66. The minimum Gasteiger partial charge on any atom is -0.449 e. The van der Waals surface area contributed by atoms with E-state index in [2.05, 4.69) is 10.6 Å². The Bertz CT molecular complexity index is 1330. The SMILES string of the molecule is CCCNC(=O)Oc1ccc(OC2=C(Oc3ccc(OC(=O)NCCCl)cc3)C(=O)c3ccccc3C2=O)cc1. The van der Waals surface area contributed by atoms with E-state index in [1.165, 1.54) is 60.7 Å². The van der Waals surface area contributed by atoms with Crippen LogP contribution in [0.3, 0.4) is 0 Å². The van der Waals surface area contributed by atoms with E-state index in [1.807, 2.05) is 6.92 Å². The molecule has 0 atom stereocenters. The summed E-state index contributed by atoms with van der Waals surface area (Å²) in [5.41, 5.74) is 0.349. The summed E-state index contributed by atoms with van der Waals surface area (Å²) in [6, 6.07) is 18.2. The molecule has 0 spiro atoms. The van der Waals surface area contributed by atoms with Crippen LogP contribution in [0.2, 0.25) is 0 Å². The Hall–Kier alpha value is -4.83. The zero-order valence-electron chi connectivity index (χ0n) is 21.4. The standard InChI is InChI=1S/C29H25ClN2O8/c1-2-16-31-28(35)39-20-11-7-18(8-12-20)37-26-24(33)22-5-3-4-6-23(22)25(34)27(26)38-19-9-13-21(14-10-19)40-29(36)32-17-15-30/h3-14H,2,15-17H2,1H3,(H,31,35)(H,32,36). The van der Waals surface area contributed by atoms with Crippen molar-refractivity contribution in [3.63, 3.8) is 0 Å². The Balaban J connectivity index is 1.57. The summed E-state index contributed by atoms with van der Waals surface area (Å²) in [5, 5.41) is 5.07. The van der Waals surface area contributed by atoms with Crippen LogP contribution in [0, 0.1) is 0 Å². The normalized spacial score (nSPS) is 12.3. The monoisotopic (exact) mass is 564 g/mol. The molecule has 3 aromatic rings. The van der Waals surface area contributed by atoms with Gasteiger partial charge in [-0.25, -0.2) is 9.59 Å². The van der Waals surface area contributed by atoms with Gasteiger partial charge in [0.2, 0.25) is 23.1 Å². The largest absolute Gasteiger partial charge is 0.449 e. The number of hydrogen-bond acceptors (Lipinski definition) is 8. The molecule has 4 rings (SSSR count). The number of fused-ring (bicyclic) bond motifs is 1. The number of allylic oxidation sites excluding steroid dienone is 2. The van der Waals surface area contributed by atoms with Crippen LogP contribution in [0.15, 0.2) is 84.3 Å². The molecule has 0 fully saturated rings. The average molecular weight is 565 g/mol. The van der Waals surface area contributed by atoms with Gasteiger partial charge in [0.15, 0.2) is 0 Å². The topological polar surface area (TPSA) is 129 Å². The van der Waals surface area contributed by atoms with Gasteiger partial charge < -0.3 is 29.6 Å². The van der Waals surface area contributed by atoms with Crippen molar-refractivity contribution < 1.29 is 38.1 Å². The number of ketones is 2. The first-order chi connectivity index (χ1) is 19.4. The lowest BCUT2D eigenvalue weighted by atomic mass is 9.92. The number of ether oxygens (including phenoxy) is 4. The second kappa shape index (κ2) is 13.3. The Morgan fingerprint density at radius 1 is 0.650 bits per heavy atom. The lowest BCUT2D eigenvalue weighted by Crippen LogP contribution is -2.28. The summed E-state index contributed by atoms with van der Waals surface area (Å²) < 4.78 is 22.0. The minimum atomic E-state index is -0.671. The molecule has 1 aliphatic carbocycles. The summed E-state index contributed by atoms with van der Waals surface area (Å²) in [4.78, 5) is 50.3. The summed E-state index contributed by atoms with van der Waals surface area (Å²) in [5.74, 6) is -0.551. The maximum atomic E-state index is 13.4. The van der Waals surface area contributed by atoms with E-state index in [0.29, 0.717) is 6.54 Å². The van der Waals surface area contributed by atoms with Crippen molar-refractivity contribution >= 4 is 35.4 Å². The van der Waals surface area contributed by atoms with Gasteiger partial charge in [-0.2, -0.15) is 0 Å². The molecular weight excluding hydrogens is 540 g/mol. The fourth-order valence-electron chi connectivity index (χ4n) is 3.57. The summed E-state index contributed by atoms with van der Waals surface area (Å²) in [6.45, 7) is 2.65. The number of benzene rings is 3. The number of rotatable bonds is 10. The van der Waals surface area contributed by atoms with Gasteiger partial charge in [-0.1, -0.05) is 31.2 Å². The lowest BCUT2D eigenvalue weighted by Gasteiger charge is -2.21. The third kappa shape index (κ3) is 6.97. The number of amides is 2. The maximum Gasteiger partial charge on any atom is 0.412 e. The highest BCUT2D eigenvalue weighted by molar-refractivity contribution is 6.25. The Morgan fingerprint density at radius 3 is 1.45 bits per heavy atom. The van der Waals surface area contributed by atoms with Crippen LogP contribution in [0.4, 0.5) is 9.59 Å². The number of Topliss-reactive ketones (excluding diaryl/α,β-unsaturated/α-hetero) is 2. The highest BCUT2D eigenvalue weighted by atomic mass is 35.5. The molecular formula is C29H25ClN2O8. The van der Waals surface area contributed by atoms with Crippen LogP contribution >= 0.6 is 11.6 Å². The van der Waals surface area contributed by atoms with Crippen LogP contribution in [-0.2, 0) is 0 Å². The van der Waals surface area contributed by atoms with Crippen LogP contribution in [0.25, 0.3) is 0 Å². The third-order valence-corrected chi connectivity index (χ3v) is 5.62. The van der Waals surface area contributed by atoms with Crippen molar-refractivity contribution in [3.8, 4) is 23.0 Å². The van der Waals surface area contributed by atoms with Crippen molar-refractivity contribution in [2.45, 2.75) is 13.3 Å². The molecule has 0 heterocycles. The average Bonchev–Trinajstić information content (AvgIpc) is 2.97. The van der Waals surface area contributed by atoms with E-state index in [9.17, 15) is 19.2 Å². The molecule has 0 radical (unpaired) electrons. The first kappa shape index (κ1) is 28.2. The second-order valence-electron chi connectivity index (χ2n) is 8.33. The summed E-state index contributed by atoms with van der Waals surface area (Å²) in [7, 11) is 0. The molecule has 40 heavy (non-hydrogen) atoms. The van der Waals surface area contributed by atoms with Gasteiger partial charge in [-0.15, -0.1) is 11.6 Å². The van der Waals surface area contributed by atoms with Crippen molar-refractivity contribution in [1.82, 2.24) is 10.6 Å². The molecule has 11 heteroatoms.